The summed E-state index contributed by atoms with van der Waals surface area (Å²) in [5.74, 6) is 0.802. The average Bonchev–Trinajstić information content (AvgIpc) is 2.77. The van der Waals surface area contributed by atoms with Crippen molar-refractivity contribution < 1.29 is 10.2 Å². The molecule has 2 aromatic rings. The molecule has 30 heavy (non-hydrogen) atoms. The van der Waals surface area contributed by atoms with Crippen molar-refractivity contribution >= 4 is 46.3 Å². The Morgan fingerprint density at radius 3 is 2.23 bits per heavy atom. The van der Waals surface area contributed by atoms with E-state index in [0.717, 1.165) is 11.1 Å². The van der Waals surface area contributed by atoms with Gasteiger partial charge in [-0.2, -0.15) is 10.2 Å². The number of hydrogen-bond donors (Lipinski definition) is 4. The highest BCUT2D eigenvalue weighted by molar-refractivity contribution is 6.30. The van der Waals surface area contributed by atoms with Gasteiger partial charge in [0.15, 0.2) is 11.6 Å². The summed E-state index contributed by atoms with van der Waals surface area (Å²) >= 11 is 11.9. The summed E-state index contributed by atoms with van der Waals surface area (Å²) in [5, 5.41) is 28.1. The monoisotopic (exact) mass is 446 g/mol. The second-order valence-electron chi connectivity index (χ2n) is 6.22. The van der Waals surface area contributed by atoms with Gasteiger partial charge in [0.2, 0.25) is 0 Å². The zero-order valence-corrected chi connectivity index (χ0v) is 17.3. The lowest BCUT2D eigenvalue weighted by atomic mass is 10.0. The quantitative estimate of drug-likeness (QED) is 0.281. The van der Waals surface area contributed by atoms with E-state index in [4.69, 9.17) is 23.2 Å². The van der Waals surface area contributed by atoms with Gasteiger partial charge in [0.1, 0.15) is 6.33 Å². The van der Waals surface area contributed by atoms with Crippen molar-refractivity contribution in [2.45, 2.75) is 11.8 Å². The zero-order chi connectivity index (χ0) is 21.3. The molecule has 8 nitrogen and oxygen atoms in total. The van der Waals surface area contributed by atoms with Crippen LogP contribution in [0.5, 0.6) is 0 Å². The molecule has 0 aliphatic heterocycles. The minimum absolute atomic E-state index is 0.0469. The van der Waals surface area contributed by atoms with Crippen LogP contribution in [0.2, 0.25) is 5.02 Å². The van der Waals surface area contributed by atoms with E-state index in [-0.39, 0.29) is 18.6 Å². The number of nitrogens with one attached hydrogen (secondary N) is 2. The molecule has 1 aromatic heterocycles. The van der Waals surface area contributed by atoms with Crippen LogP contribution in [0.4, 0.5) is 11.6 Å². The van der Waals surface area contributed by atoms with E-state index in [0.29, 0.717) is 34.5 Å². The number of alkyl halides is 1. The predicted octanol–water partition coefficient (Wildman–Crippen LogP) is 3.19. The summed E-state index contributed by atoms with van der Waals surface area (Å²) in [7, 11) is 0. The smallest absolute Gasteiger partial charge is 0.151 e. The van der Waals surface area contributed by atoms with Gasteiger partial charge in [-0.1, -0.05) is 42.0 Å². The van der Waals surface area contributed by atoms with Gasteiger partial charge in [0.05, 0.1) is 30.0 Å². The normalized spacial score (nSPS) is 16.9. The molecule has 1 heterocycles. The van der Waals surface area contributed by atoms with Crippen molar-refractivity contribution in [2.75, 3.05) is 24.1 Å². The SMILES string of the molecule is OC/C(=N\Nc1cc(N/N=C(\CO)c2ccc(Cl)cc2)ncn1)C1=CCC(Cl)C=C1. The number of allylic oxidation sites excluding steroid dienone is 3. The molecule has 3 rings (SSSR count). The highest BCUT2D eigenvalue weighted by Gasteiger charge is 2.10. The van der Waals surface area contributed by atoms with Crippen LogP contribution in [0.25, 0.3) is 0 Å². The Kier molecular flexibility index (Phi) is 7.92. The van der Waals surface area contributed by atoms with Gasteiger partial charge in [-0.25, -0.2) is 9.97 Å². The first kappa shape index (κ1) is 21.9. The summed E-state index contributed by atoms with van der Waals surface area (Å²) in [4.78, 5) is 8.19. The number of hydrazone groups is 2. The van der Waals surface area contributed by atoms with Crippen LogP contribution in [0.15, 0.2) is 70.7 Å². The Hall–Kier alpha value is -2.78. The summed E-state index contributed by atoms with van der Waals surface area (Å²) in [6.45, 7) is -0.502. The summed E-state index contributed by atoms with van der Waals surface area (Å²) in [6, 6.07) is 8.56. The van der Waals surface area contributed by atoms with Gasteiger partial charge in [0, 0.05) is 16.7 Å². The number of anilines is 2. The summed E-state index contributed by atoms with van der Waals surface area (Å²) in [5.41, 5.74) is 8.01. The minimum atomic E-state index is -0.263. The van der Waals surface area contributed by atoms with E-state index in [1.807, 2.05) is 18.2 Å². The second kappa shape index (κ2) is 10.8. The number of aliphatic hydroxyl groups excluding tert-OH is 2. The van der Waals surface area contributed by atoms with Crippen LogP contribution in [-0.2, 0) is 0 Å². The zero-order valence-electron chi connectivity index (χ0n) is 15.8. The summed E-state index contributed by atoms with van der Waals surface area (Å²) < 4.78 is 0. The first-order chi connectivity index (χ1) is 14.6. The molecule has 0 amide bonds. The molecule has 0 spiro atoms. The molecule has 10 heteroatoms. The third kappa shape index (κ3) is 6.11. The predicted molar refractivity (Wildman–Crippen MR) is 120 cm³/mol. The minimum Gasteiger partial charge on any atom is -0.390 e. The Morgan fingerprint density at radius 2 is 1.67 bits per heavy atom. The van der Waals surface area contributed by atoms with Crippen LogP contribution in [-0.4, -0.2) is 50.2 Å². The maximum atomic E-state index is 9.60. The Bertz CT molecular complexity index is 989. The highest BCUT2D eigenvalue weighted by atomic mass is 35.5. The fourth-order valence-electron chi connectivity index (χ4n) is 2.56. The fraction of sp³-hybridized carbons (Fsp3) is 0.200. The molecule has 1 unspecified atom stereocenters. The number of halogens is 2. The maximum absolute atomic E-state index is 9.60. The van der Waals surface area contributed by atoms with E-state index in [1.54, 1.807) is 30.3 Å². The molecule has 1 aromatic carbocycles. The van der Waals surface area contributed by atoms with Gasteiger partial charge in [0.25, 0.3) is 0 Å². The van der Waals surface area contributed by atoms with Crippen LogP contribution in [0, 0.1) is 0 Å². The average molecular weight is 447 g/mol. The van der Waals surface area contributed by atoms with Gasteiger partial charge >= 0.3 is 0 Å². The molecular formula is C20H20Cl2N6O2. The maximum Gasteiger partial charge on any atom is 0.151 e. The van der Waals surface area contributed by atoms with E-state index in [9.17, 15) is 10.2 Å². The molecule has 0 radical (unpaired) electrons. The van der Waals surface area contributed by atoms with E-state index < -0.39 is 0 Å². The van der Waals surface area contributed by atoms with Crippen LogP contribution in [0.3, 0.4) is 0 Å². The molecule has 0 saturated carbocycles. The largest absolute Gasteiger partial charge is 0.390 e. The number of hydrogen-bond acceptors (Lipinski definition) is 8. The Labute approximate surface area is 183 Å². The van der Waals surface area contributed by atoms with Gasteiger partial charge < -0.3 is 10.2 Å². The lowest BCUT2D eigenvalue weighted by Crippen LogP contribution is -2.13. The van der Waals surface area contributed by atoms with Crippen molar-refractivity contribution in [1.29, 1.82) is 0 Å². The molecule has 4 N–H and O–H groups in total. The standard InChI is InChI=1S/C20H20Cl2N6O2/c21-15-5-1-13(2-6-15)17(10-29)25-27-19-9-20(24-12-23-19)28-26-18(11-30)14-3-7-16(22)8-4-14/h1-7,9,12,16,29-30H,8,10-11H2,(H2,23,24,27,28)/b25-17+,26-18+. The van der Waals surface area contributed by atoms with Gasteiger partial charge in [-0.15, -0.1) is 11.6 Å². The number of aliphatic hydroxyl groups is 2. The van der Waals surface area contributed by atoms with Crippen molar-refractivity contribution in [3.63, 3.8) is 0 Å². The number of rotatable bonds is 8. The molecule has 1 aliphatic rings. The third-order valence-corrected chi connectivity index (χ3v) is 4.71. The topological polar surface area (TPSA) is 115 Å². The fourth-order valence-corrected chi connectivity index (χ4v) is 2.85. The molecule has 0 fully saturated rings. The molecule has 156 valence electrons. The Morgan fingerprint density at radius 1 is 1.03 bits per heavy atom. The molecule has 1 aliphatic carbocycles. The van der Waals surface area contributed by atoms with Gasteiger partial charge in [-0.05, 0) is 24.1 Å². The first-order valence-corrected chi connectivity index (χ1v) is 9.88. The lowest BCUT2D eigenvalue weighted by molar-refractivity contribution is 0.357. The third-order valence-electron chi connectivity index (χ3n) is 4.14. The van der Waals surface area contributed by atoms with Crippen molar-refractivity contribution in [2.24, 2.45) is 10.2 Å². The summed E-state index contributed by atoms with van der Waals surface area (Å²) in [6.07, 6.45) is 7.61. The van der Waals surface area contributed by atoms with Crippen molar-refractivity contribution in [3.05, 3.63) is 71.0 Å². The number of benzene rings is 1. The second-order valence-corrected chi connectivity index (χ2v) is 7.22. The lowest BCUT2D eigenvalue weighted by Gasteiger charge is -2.11. The van der Waals surface area contributed by atoms with Crippen molar-refractivity contribution in [3.8, 4) is 0 Å². The number of nitrogens with zero attached hydrogens (tertiary/aromatic N) is 4. The van der Waals surface area contributed by atoms with Gasteiger partial charge in [-0.3, -0.25) is 10.9 Å². The first-order valence-electron chi connectivity index (χ1n) is 9.06. The van der Waals surface area contributed by atoms with E-state index in [1.165, 1.54) is 6.33 Å². The van der Waals surface area contributed by atoms with Crippen LogP contribution in [0.1, 0.15) is 12.0 Å². The Balaban J connectivity index is 1.69. The van der Waals surface area contributed by atoms with E-state index in [2.05, 4.69) is 31.0 Å². The molecule has 1 atom stereocenters. The van der Waals surface area contributed by atoms with Crippen molar-refractivity contribution in [1.82, 2.24) is 9.97 Å². The molecular weight excluding hydrogens is 427 g/mol. The highest BCUT2D eigenvalue weighted by Crippen LogP contribution is 2.17. The number of aromatic nitrogens is 2. The molecule has 0 saturated heterocycles. The molecule has 0 bridgehead atoms. The van der Waals surface area contributed by atoms with Crippen LogP contribution < -0.4 is 10.9 Å². The van der Waals surface area contributed by atoms with E-state index >= 15 is 0 Å². The van der Waals surface area contributed by atoms with Crippen LogP contribution >= 0.6 is 23.2 Å².